The second-order valence-corrected chi connectivity index (χ2v) is 6.59. The second-order valence-electron chi connectivity index (χ2n) is 6.59. The van der Waals surface area contributed by atoms with Gasteiger partial charge >= 0.3 is 0 Å². The molecule has 1 N–H and O–H groups in total. The van der Waals surface area contributed by atoms with Crippen LogP contribution in [-0.2, 0) is 0 Å². The molecule has 0 aromatic carbocycles. The van der Waals surface area contributed by atoms with Gasteiger partial charge in [-0.05, 0) is 62.8 Å². The Morgan fingerprint density at radius 2 is 2.00 bits per heavy atom. The summed E-state index contributed by atoms with van der Waals surface area (Å²) in [7, 11) is 0. The van der Waals surface area contributed by atoms with Crippen molar-refractivity contribution in [3.8, 4) is 0 Å². The van der Waals surface area contributed by atoms with E-state index in [4.69, 9.17) is 0 Å². The number of rotatable bonds is 1. The van der Waals surface area contributed by atoms with Crippen LogP contribution >= 0.6 is 0 Å². The van der Waals surface area contributed by atoms with Crippen LogP contribution in [0.2, 0.25) is 0 Å². The van der Waals surface area contributed by atoms with Crippen LogP contribution in [0.25, 0.3) is 0 Å². The standard InChI is InChI=1S/C14H25NO/c1-11-3-4-12(16)9-13(11)15-8-2-5-14(10-15)6-7-14/h11-13,16H,2-10H2,1H3. The van der Waals surface area contributed by atoms with Crippen molar-refractivity contribution in [1.29, 1.82) is 0 Å². The molecule has 2 nitrogen and oxygen atoms in total. The zero-order valence-electron chi connectivity index (χ0n) is 10.5. The van der Waals surface area contributed by atoms with Gasteiger partial charge in [0, 0.05) is 12.6 Å². The quantitative estimate of drug-likeness (QED) is 0.738. The van der Waals surface area contributed by atoms with E-state index in [-0.39, 0.29) is 6.10 Å². The highest BCUT2D eigenvalue weighted by molar-refractivity contribution is 5.00. The van der Waals surface area contributed by atoms with Gasteiger partial charge in [0.25, 0.3) is 0 Å². The van der Waals surface area contributed by atoms with E-state index in [1.165, 1.54) is 45.2 Å². The minimum atomic E-state index is -0.0294. The second kappa shape index (κ2) is 3.99. The highest BCUT2D eigenvalue weighted by Crippen LogP contribution is 2.52. The van der Waals surface area contributed by atoms with Gasteiger partial charge in [-0.2, -0.15) is 0 Å². The Morgan fingerprint density at radius 1 is 1.19 bits per heavy atom. The van der Waals surface area contributed by atoms with Crippen LogP contribution in [0.1, 0.15) is 51.9 Å². The molecule has 0 bridgehead atoms. The molecule has 2 saturated carbocycles. The fourth-order valence-electron chi connectivity index (χ4n) is 3.90. The predicted octanol–water partition coefficient (Wildman–Crippen LogP) is 2.41. The van der Waals surface area contributed by atoms with Gasteiger partial charge in [-0.15, -0.1) is 0 Å². The third kappa shape index (κ3) is 2.02. The Morgan fingerprint density at radius 3 is 2.75 bits per heavy atom. The highest BCUT2D eigenvalue weighted by Gasteiger charge is 2.47. The number of hydrogen-bond donors (Lipinski definition) is 1. The molecular formula is C14H25NO. The van der Waals surface area contributed by atoms with Crippen LogP contribution in [0.3, 0.4) is 0 Å². The molecule has 1 spiro atoms. The van der Waals surface area contributed by atoms with Crippen molar-refractivity contribution in [2.75, 3.05) is 13.1 Å². The molecule has 2 aliphatic carbocycles. The molecule has 1 saturated heterocycles. The summed E-state index contributed by atoms with van der Waals surface area (Å²) < 4.78 is 0. The fraction of sp³-hybridized carbons (Fsp3) is 1.00. The van der Waals surface area contributed by atoms with E-state index in [2.05, 4.69) is 11.8 Å². The van der Waals surface area contributed by atoms with Crippen molar-refractivity contribution in [1.82, 2.24) is 4.90 Å². The minimum Gasteiger partial charge on any atom is -0.393 e. The Kier molecular flexibility index (Phi) is 2.75. The Balaban J connectivity index is 1.66. The molecule has 0 radical (unpaired) electrons. The molecule has 92 valence electrons. The molecule has 3 unspecified atom stereocenters. The first-order valence-corrected chi connectivity index (χ1v) is 7.11. The predicted molar refractivity (Wildman–Crippen MR) is 65.3 cm³/mol. The van der Waals surface area contributed by atoms with Gasteiger partial charge in [0.15, 0.2) is 0 Å². The number of likely N-dealkylation sites (tertiary alicyclic amines) is 1. The van der Waals surface area contributed by atoms with Crippen LogP contribution < -0.4 is 0 Å². The lowest BCUT2D eigenvalue weighted by Crippen LogP contribution is -2.49. The summed E-state index contributed by atoms with van der Waals surface area (Å²) in [6.07, 6.45) is 9.02. The Hall–Kier alpha value is -0.0800. The first-order chi connectivity index (χ1) is 7.69. The van der Waals surface area contributed by atoms with Gasteiger partial charge in [-0.3, -0.25) is 4.90 Å². The SMILES string of the molecule is CC1CCC(O)CC1N1CCCC2(CC2)C1. The van der Waals surface area contributed by atoms with Crippen LogP contribution in [0.4, 0.5) is 0 Å². The third-order valence-electron chi connectivity index (χ3n) is 5.24. The van der Waals surface area contributed by atoms with Crippen molar-refractivity contribution >= 4 is 0 Å². The Labute approximate surface area is 99.0 Å². The maximum Gasteiger partial charge on any atom is 0.0555 e. The van der Waals surface area contributed by atoms with Crippen LogP contribution in [0, 0.1) is 11.3 Å². The van der Waals surface area contributed by atoms with Gasteiger partial charge in [0.05, 0.1) is 6.10 Å². The summed E-state index contributed by atoms with van der Waals surface area (Å²) in [4.78, 5) is 2.71. The third-order valence-corrected chi connectivity index (χ3v) is 5.24. The zero-order chi connectivity index (χ0) is 11.2. The lowest BCUT2D eigenvalue weighted by Gasteiger charge is -2.44. The van der Waals surface area contributed by atoms with Gasteiger partial charge in [-0.25, -0.2) is 0 Å². The molecule has 0 amide bonds. The average molecular weight is 223 g/mol. The summed E-state index contributed by atoms with van der Waals surface area (Å²) in [6.45, 7) is 4.99. The smallest absolute Gasteiger partial charge is 0.0555 e. The molecule has 0 aromatic rings. The number of aliphatic hydroxyl groups is 1. The summed E-state index contributed by atoms with van der Waals surface area (Å²) in [6, 6.07) is 0.668. The lowest BCUT2D eigenvalue weighted by molar-refractivity contribution is 0.00908. The number of piperidine rings is 1. The number of aliphatic hydroxyl groups excluding tert-OH is 1. The molecule has 3 fully saturated rings. The van der Waals surface area contributed by atoms with Crippen molar-refractivity contribution in [2.45, 2.75) is 64.0 Å². The van der Waals surface area contributed by atoms with E-state index in [0.717, 1.165) is 24.2 Å². The van der Waals surface area contributed by atoms with Crippen LogP contribution in [0.5, 0.6) is 0 Å². The molecule has 0 aromatic heterocycles. The molecule has 2 heteroatoms. The summed E-state index contributed by atoms with van der Waals surface area (Å²) >= 11 is 0. The monoisotopic (exact) mass is 223 g/mol. The lowest BCUT2D eigenvalue weighted by atomic mass is 9.81. The van der Waals surface area contributed by atoms with E-state index < -0.39 is 0 Å². The van der Waals surface area contributed by atoms with Gasteiger partial charge in [0.1, 0.15) is 0 Å². The van der Waals surface area contributed by atoms with Gasteiger partial charge in [-0.1, -0.05) is 6.92 Å². The molecule has 3 rings (SSSR count). The van der Waals surface area contributed by atoms with E-state index in [1.807, 2.05) is 0 Å². The first-order valence-electron chi connectivity index (χ1n) is 7.11. The minimum absolute atomic E-state index is 0.0294. The van der Waals surface area contributed by atoms with Crippen LogP contribution in [-0.4, -0.2) is 35.2 Å². The number of nitrogens with zero attached hydrogens (tertiary/aromatic N) is 1. The van der Waals surface area contributed by atoms with Crippen LogP contribution in [0.15, 0.2) is 0 Å². The Bertz CT molecular complexity index is 261. The van der Waals surface area contributed by atoms with E-state index in [0.29, 0.717) is 6.04 Å². The molecule has 1 aliphatic heterocycles. The van der Waals surface area contributed by atoms with Crippen molar-refractivity contribution in [3.05, 3.63) is 0 Å². The van der Waals surface area contributed by atoms with Gasteiger partial charge in [0.2, 0.25) is 0 Å². The maximum atomic E-state index is 9.85. The maximum absolute atomic E-state index is 9.85. The number of hydrogen-bond acceptors (Lipinski definition) is 2. The zero-order valence-corrected chi connectivity index (χ0v) is 10.5. The molecule has 1 heterocycles. The average Bonchev–Trinajstić information content (AvgIpc) is 3.01. The highest BCUT2D eigenvalue weighted by atomic mass is 16.3. The fourth-order valence-corrected chi connectivity index (χ4v) is 3.90. The summed E-state index contributed by atoms with van der Waals surface area (Å²) in [5.41, 5.74) is 0.723. The molecule has 3 atom stereocenters. The van der Waals surface area contributed by atoms with Crippen molar-refractivity contribution < 1.29 is 5.11 Å². The molecule has 16 heavy (non-hydrogen) atoms. The summed E-state index contributed by atoms with van der Waals surface area (Å²) in [5.74, 6) is 0.789. The normalized spacial score (nSPS) is 43.5. The molecule has 3 aliphatic rings. The van der Waals surface area contributed by atoms with Crippen molar-refractivity contribution in [2.24, 2.45) is 11.3 Å². The van der Waals surface area contributed by atoms with Crippen molar-refractivity contribution in [3.63, 3.8) is 0 Å². The van der Waals surface area contributed by atoms with E-state index >= 15 is 0 Å². The van der Waals surface area contributed by atoms with Gasteiger partial charge < -0.3 is 5.11 Å². The first kappa shape index (κ1) is 11.0. The molecular weight excluding hydrogens is 198 g/mol. The van der Waals surface area contributed by atoms with E-state index in [9.17, 15) is 5.11 Å². The summed E-state index contributed by atoms with van der Waals surface area (Å²) in [5, 5.41) is 9.85. The van der Waals surface area contributed by atoms with E-state index in [1.54, 1.807) is 0 Å². The topological polar surface area (TPSA) is 23.5 Å². The largest absolute Gasteiger partial charge is 0.393 e.